The van der Waals surface area contributed by atoms with Gasteiger partial charge >= 0.3 is 5.97 Å². The molecule has 11 heavy (non-hydrogen) atoms. The van der Waals surface area contributed by atoms with Crippen molar-refractivity contribution in [2.75, 3.05) is 14.2 Å². The molecule has 0 rings (SSSR count). The van der Waals surface area contributed by atoms with Crippen molar-refractivity contribution >= 4 is 5.97 Å². The van der Waals surface area contributed by atoms with Crippen LogP contribution in [-0.2, 0) is 14.3 Å². The minimum Gasteiger partial charge on any atom is -0.468 e. The zero-order valence-corrected chi connectivity index (χ0v) is 7.38. The minimum absolute atomic E-state index is 0.352. The van der Waals surface area contributed by atoms with Gasteiger partial charge in [-0.3, -0.25) is 0 Å². The SMILES string of the molecule is COC(=O)C(C)(N)C(C)OC. The Morgan fingerprint density at radius 3 is 2.27 bits per heavy atom. The fourth-order valence-corrected chi connectivity index (χ4v) is 0.631. The summed E-state index contributed by atoms with van der Waals surface area (Å²) in [5, 5.41) is 0. The van der Waals surface area contributed by atoms with Crippen molar-refractivity contribution in [2.24, 2.45) is 5.73 Å². The van der Waals surface area contributed by atoms with Crippen molar-refractivity contribution in [3.05, 3.63) is 0 Å². The fourth-order valence-electron chi connectivity index (χ4n) is 0.631. The molecule has 0 spiro atoms. The summed E-state index contributed by atoms with van der Waals surface area (Å²) in [7, 11) is 2.80. The molecule has 0 aromatic rings. The molecule has 4 heteroatoms. The summed E-state index contributed by atoms with van der Waals surface area (Å²) >= 11 is 0. The van der Waals surface area contributed by atoms with E-state index in [0.29, 0.717) is 0 Å². The van der Waals surface area contributed by atoms with Crippen molar-refractivity contribution in [3.63, 3.8) is 0 Å². The van der Waals surface area contributed by atoms with Gasteiger partial charge in [0.2, 0.25) is 0 Å². The second-order valence-corrected chi connectivity index (χ2v) is 2.65. The maximum Gasteiger partial charge on any atom is 0.328 e. The first-order valence-electron chi connectivity index (χ1n) is 3.37. The van der Waals surface area contributed by atoms with Gasteiger partial charge in [0.15, 0.2) is 0 Å². The predicted octanol–water partition coefficient (Wildman–Crippen LogP) is -0.0883. The molecule has 2 atom stereocenters. The van der Waals surface area contributed by atoms with Crippen LogP contribution in [0, 0.1) is 0 Å². The lowest BCUT2D eigenvalue weighted by Crippen LogP contribution is -2.54. The second kappa shape index (κ2) is 3.69. The van der Waals surface area contributed by atoms with Crippen LogP contribution < -0.4 is 5.73 Å². The fraction of sp³-hybridized carbons (Fsp3) is 0.857. The van der Waals surface area contributed by atoms with Crippen LogP contribution in [0.5, 0.6) is 0 Å². The van der Waals surface area contributed by atoms with Gasteiger partial charge in [-0.25, -0.2) is 4.79 Å². The number of carbonyl (C=O) groups is 1. The van der Waals surface area contributed by atoms with Crippen LogP contribution in [0.3, 0.4) is 0 Å². The van der Waals surface area contributed by atoms with E-state index in [1.165, 1.54) is 14.2 Å². The Morgan fingerprint density at radius 1 is 1.55 bits per heavy atom. The van der Waals surface area contributed by atoms with Gasteiger partial charge in [0.1, 0.15) is 5.54 Å². The highest BCUT2D eigenvalue weighted by Gasteiger charge is 2.35. The molecule has 0 bridgehead atoms. The van der Waals surface area contributed by atoms with Gasteiger partial charge in [-0.05, 0) is 13.8 Å². The van der Waals surface area contributed by atoms with E-state index in [9.17, 15) is 4.79 Å². The highest BCUT2D eigenvalue weighted by Crippen LogP contribution is 2.10. The molecule has 0 aromatic carbocycles. The van der Waals surface area contributed by atoms with Crippen LogP contribution in [0.1, 0.15) is 13.8 Å². The van der Waals surface area contributed by atoms with Crippen molar-refractivity contribution in [3.8, 4) is 0 Å². The molecule has 0 radical (unpaired) electrons. The van der Waals surface area contributed by atoms with Gasteiger partial charge in [0.25, 0.3) is 0 Å². The van der Waals surface area contributed by atoms with Crippen molar-refractivity contribution < 1.29 is 14.3 Å². The van der Waals surface area contributed by atoms with E-state index in [1.807, 2.05) is 0 Å². The summed E-state index contributed by atoms with van der Waals surface area (Å²) in [5.41, 5.74) is 4.56. The van der Waals surface area contributed by atoms with Crippen molar-refractivity contribution in [1.29, 1.82) is 0 Å². The van der Waals surface area contributed by atoms with Gasteiger partial charge in [-0.2, -0.15) is 0 Å². The molecule has 2 N–H and O–H groups in total. The van der Waals surface area contributed by atoms with Gasteiger partial charge in [-0.15, -0.1) is 0 Å². The second-order valence-electron chi connectivity index (χ2n) is 2.65. The van der Waals surface area contributed by atoms with Gasteiger partial charge in [0.05, 0.1) is 13.2 Å². The van der Waals surface area contributed by atoms with E-state index in [4.69, 9.17) is 10.5 Å². The lowest BCUT2D eigenvalue weighted by Gasteiger charge is -2.26. The van der Waals surface area contributed by atoms with Crippen LogP contribution in [0.25, 0.3) is 0 Å². The van der Waals surface area contributed by atoms with Crippen LogP contribution in [-0.4, -0.2) is 31.8 Å². The van der Waals surface area contributed by atoms with Gasteiger partial charge in [0, 0.05) is 7.11 Å². The van der Waals surface area contributed by atoms with Crippen LogP contribution >= 0.6 is 0 Å². The number of methoxy groups -OCH3 is 2. The molecule has 0 aromatic heterocycles. The third kappa shape index (κ3) is 2.17. The molecule has 2 unspecified atom stereocenters. The number of esters is 1. The molecule has 0 aliphatic heterocycles. The Bertz CT molecular complexity index is 145. The maximum absolute atomic E-state index is 11.0. The standard InChI is InChI=1S/C7H15NO3/c1-5(10-3)7(2,8)6(9)11-4/h5H,8H2,1-4H3. The Kier molecular flexibility index (Phi) is 3.48. The Balaban J connectivity index is 4.31. The lowest BCUT2D eigenvalue weighted by molar-refractivity contribution is -0.151. The van der Waals surface area contributed by atoms with Crippen molar-refractivity contribution in [1.82, 2.24) is 0 Å². The molecule has 0 heterocycles. The first-order chi connectivity index (χ1) is 4.96. The van der Waals surface area contributed by atoms with Gasteiger partial charge in [-0.1, -0.05) is 0 Å². The van der Waals surface area contributed by atoms with E-state index in [-0.39, 0.29) is 6.10 Å². The van der Waals surface area contributed by atoms with E-state index in [1.54, 1.807) is 13.8 Å². The number of ether oxygens (including phenoxy) is 2. The number of hydrogen-bond donors (Lipinski definition) is 1. The largest absolute Gasteiger partial charge is 0.468 e. The lowest BCUT2D eigenvalue weighted by atomic mass is 9.98. The summed E-state index contributed by atoms with van der Waals surface area (Å²) in [6, 6.07) is 0. The number of hydrogen-bond acceptors (Lipinski definition) is 4. The van der Waals surface area contributed by atoms with E-state index in [2.05, 4.69) is 4.74 Å². The smallest absolute Gasteiger partial charge is 0.328 e. The molecule has 0 aliphatic rings. The Hall–Kier alpha value is -0.610. The minimum atomic E-state index is -1.07. The molecule has 66 valence electrons. The molecule has 0 fully saturated rings. The highest BCUT2D eigenvalue weighted by molar-refractivity contribution is 5.80. The summed E-state index contributed by atoms with van der Waals surface area (Å²) < 4.78 is 9.41. The first kappa shape index (κ1) is 10.4. The van der Waals surface area contributed by atoms with E-state index >= 15 is 0 Å². The average Bonchev–Trinajstić information content (AvgIpc) is 2.01. The Labute approximate surface area is 66.7 Å². The molecular formula is C7H15NO3. The summed E-state index contributed by atoms with van der Waals surface area (Å²) in [6.07, 6.45) is -0.352. The summed E-state index contributed by atoms with van der Waals surface area (Å²) in [5.74, 6) is -0.466. The quantitative estimate of drug-likeness (QED) is 0.588. The molecule has 0 aliphatic carbocycles. The van der Waals surface area contributed by atoms with E-state index in [0.717, 1.165) is 0 Å². The summed E-state index contributed by atoms with van der Waals surface area (Å²) in [6.45, 7) is 3.30. The molecular weight excluding hydrogens is 146 g/mol. The number of nitrogens with two attached hydrogens (primary N) is 1. The maximum atomic E-state index is 11.0. The van der Waals surface area contributed by atoms with Gasteiger partial charge < -0.3 is 15.2 Å². The van der Waals surface area contributed by atoms with E-state index < -0.39 is 11.5 Å². The third-order valence-electron chi connectivity index (χ3n) is 1.82. The molecule has 0 amide bonds. The Morgan fingerprint density at radius 2 is 2.00 bits per heavy atom. The molecule has 0 saturated carbocycles. The highest BCUT2D eigenvalue weighted by atomic mass is 16.5. The van der Waals surface area contributed by atoms with Crippen LogP contribution in [0.4, 0.5) is 0 Å². The molecule has 4 nitrogen and oxygen atoms in total. The van der Waals surface area contributed by atoms with Crippen molar-refractivity contribution in [2.45, 2.75) is 25.5 Å². The normalized spacial score (nSPS) is 18.6. The average molecular weight is 161 g/mol. The number of rotatable bonds is 3. The zero-order valence-electron chi connectivity index (χ0n) is 7.38. The number of carbonyl (C=O) groups excluding carboxylic acids is 1. The topological polar surface area (TPSA) is 61.5 Å². The van der Waals surface area contributed by atoms with Crippen LogP contribution in [0.15, 0.2) is 0 Å². The summed E-state index contributed by atoms with van der Waals surface area (Å²) in [4.78, 5) is 11.0. The zero-order chi connectivity index (χ0) is 9.07. The van der Waals surface area contributed by atoms with Crippen LogP contribution in [0.2, 0.25) is 0 Å². The predicted molar refractivity (Wildman–Crippen MR) is 41.1 cm³/mol. The molecule has 0 saturated heterocycles. The first-order valence-corrected chi connectivity index (χ1v) is 3.37. The monoisotopic (exact) mass is 161 g/mol. The third-order valence-corrected chi connectivity index (χ3v) is 1.82.